The maximum absolute atomic E-state index is 8.79. The van der Waals surface area contributed by atoms with Gasteiger partial charge in [0.15, 0.2) is 5.75 Å². The van der Waals surface area contributed by atoms with Crippen LogP contribution < -0.4 is 14.4 Å². The minimum absolute atomic E-state index is 0.0193. The number of hydrogen-bond acceptors (Lipinski definition) is 7. The van der Waals surface area contributed by atoms with E-state index in [9.17, 15) is 0 Å². The molecule has 0 amide bonds. The molecule has 0 radical (unpaired) electrons. The van der Waals surface area contributed by atoms with Gasteiger partial charge in [0.1, 0.15) is 18.0 Å². The zero-order valence-corrected chi connectivity index (χ0v) is 12.1. The van der Waals surface area contributed by atoms with Crippen LogP contribution >= 0.6 is 0 Å². The third kappa shape index (κ3) is 3.06. The first-order chi connectivity index (χ1) is 10.8. The molecule has 0 saturated carbocycles. The van der Waals surface area contributed by atoms with Crippen LogP contribution in [0.1, 0.15) is 12.0 Å². The summed E-state index contributed by atoms with van der Waals surface area (Å²) in [6, 6.07) is 6.03. The van der Waals surface area contributed by atoms with Crippen LogP contribution in [0.25, 0.3) is 0 Å². The summed E-state index contributed by atoms with van der Waals surface area (Å²) < 4.78 is 10.8. The molecule has 7 nitrogen and oxygen atoms in total. The van der Waals surface area contributed by atoms with Crippen LogP contribution in [0.15, 0.2) is 30.7 Å². The monoisotopic (exact) mass is 297 g/mol. The minimum Gasteiger partial charge on any atom is -0.494 e. The first-order valence-corrected chi connectivity index (χ1v) is 6.92. The highest BCUT2D eigenvalue weighted by atomic mass is 16.5. The number of methoxy groups -OCH3 is 1. The standard InChI is InChI=1S/C15H15N5O2/c1-21-13-8-18-15(19-9-13)22-12-4-5-20(10-12)14-3-2-11(6-16)7-17-14/h2-3,7-9,12H,4-5,10H2,1H3. The minimum atomic E-state index is 0.0193. The van der Waals surface area contributed by atoms with Crippen LogP contribution in [0.2, 0.25) is 0 Å². The summed E-state index contributed by atoms with van der Waals surface area (Å²) >= 11 is 0. The molecule has 3 rings (SSSR count). The first-order valence-electron chi connectivity index (χ1n) is 6.92. The zero-order chi connectivity index (χ0) is 15.4. The number of anilines is 1. The molecule has 1 fully saturated rings. The van der Waals surface area contributed by atoms with Crippen molar-refractivity contribution in [3.63, 3.8) is 0 Å². The lowest BCUT2D eigenvalue weighted by Crippen LogP contribution is -2.25. The highest BCUT2D eigenvalue weighted by molar-refractivity contribution is 5.43. The van der Waals surface area contributed by atoms with Gasteiger partial charge >= 0.3 is 6.01 Å². The molecule has 1 unspecified atom stereocenters. The average Bonchev–Trinajstić information content (AvgIpc) is 3.04. The predicted octanol–water partition coefficient (Wildman–Crippen LogP) is 1.41. The van der Waals surface area contributed by atoms with Crippen LogP contribution in [-0.4, -0.2) is 41.3 Å². The SMILES string of the molecule is COc1cnc(OC2CCN(c3ccc(C#N)cn3)C2)nc1. The summed E-state index contributed by atoms with van der Waals surface area (Å²) in [4.78, 5) is 14.6. The molecular weight excluding hydrogens is 282 g/mol. The van der Waals surface area contributed by atoms with Crippen molar-refractivity contribution in [3.8, 4) is 17.8 Å². The molecule has 7 heteroatoms. The van der Waals surface area contributed by atoms with Gasteiger partial charge in [-0.25, -0.2) is 4.98 Å². The van der Waals surface area contributed by atoms with Gasteiger partial charge in [-0.3, -0.25) is 0 Å². The maximum Gasteiger partial charge on any atom is 0.316 e. The summed E-state index contributed by atoms with van der Waals surface area (Å²) in [5.74, 6) is 1.45. The Labute approximate surface area is 128 Å². The molecule has 0 bridgehead atoms. The molecule has 3 heterocycles. The van der Waals surface area contributed by atoms with Crippen LogP contribution in [0, 0.1) is 11.3 Å². The fourth-order valence-corrected chi connectivity index (χ4v) is 2.29. The Morgan fingerprint density at radius 2 is 2.05 bits per heavy atom. The van der Waals surface area contributed by atoms with Crippen LogP contribution in [-0.2, 0) is 0 Å². The fourth-order valence-electron chi connectivity index (χ4n) is 2.29. The molecule has 0 aromatic carbocycles. The van der Waals surface area contributed by atoms with Crippen molar-refractivity contribution < 1.29 is 9.47 Å². The molecule has 1 aliphatic heterocycles. The van der Waals surface area contributed by atoms with Gasteiger partial charge in [0, 0.05) is 19.2 Å². The van der Waals surface area contributed by atoms with E-state index in [2.05, 4.69) is 25.9 Å². The summed E-state index contributed by atoms with van der Waals surface area (Å²) in [7, 11) is 1.57. The van der Waals surface area contributed by atoms with E-state index in [4.69, 9.17) is 14.7 Å². The summed E-state index contributed by atoms with van der Waals surface area (Å²) in [5, 5.41) is 8.79. The Kier molecular flexibility index (Phi) is 4.01. The van der Waals surface area contributed by atoms with E-state index in [0.717, 1.165) is 18.8 Å². The molecule has 1 atom stereocenters. The summed E-state index contributed by atoms with van der Waals surface area (Å²) in [6.07, 6.45) is 5.63. The number of nitriles is 1. The highest BCUT2D eigenvalue weighted by Gasteiger charge is 2.25. The quantitative estimate of drug-likeness (QED) is 0.843. The normalized spacial score (nSPS) is 17.1. The average molecular weight is 297 g/mol. The number of ether oxygens (including phenoxy) is 2. The first kappa shape index (κ1) is 14.1. The van der Waals surface area contributed by atoms with Gasteiger partial charge in [-0.2, -0.15) is 15.2 Å². The van der Waals surface area contributed by atoms with Gasteiger partial charge in [0.25, 0.3) is 0 Å². The molecule has 1 saturated heterocycles. The van der Waals surface area contributed by atoms with Crippen LogP contribution in [0.5, 0.6) is 11.8 Å². The van der Waals surface area contributed by atoms with E-state index >= 15 is 0 Å². The Morgan fingerprint density at radius 3 is 2.68 bits per heavy atom. The summed E-state index contributed by atoms with van der Waals surface area (Å²) in [6.45, 7) is 1.56. The van der Waals surface area contributed by atoms with Crippen molar-refractivity contribution in [2.75, 3.05) is 25.1 Å². The second kappa shape index (κ2) is 6.26. The van der Waals surface area contributed by atoms with E-state index in [1.807, 2.05) is 6.07 Å². The van der Waals surface area contributed by atoms with E-state index < -0.39 is 0 Å². The Balaban J connectivity index is 1.60. The molecule has 1 aliphatic rings. The van der Waals surface area contributed by atoms with Gasteiger partial charge in [0.2, 0.25) is 0 Å². The molecule has 2 aromatic heterocycles. The third-order valence-electron chi connectivity index (χ3n) is 3.46. The van der Waals surface area contributed by atoms with E-state index in [0.29, 0.717) is 23.9 Å². The van der Waals surface area contributed by atoms with Gasteiger partial charge in [-0.15, -0.1) is 0 Å². The van der Waals surface area contributed by atoms with Gasteiger partial charge in [-0.1, -0.05) is 0 Å². The smallest absolute Gasteiger partial charge is 0.316 e. The van der Waals surface area contributed by atoms with Crippen LogP contribution in [0.3, 0.4) is 0 Å². The lowest BCUT2D eigenvalue weighted by molar-refractivity contribution is 0.205. The molecule has 112 valence electrons. The molecule has 0 N–H and O–H groups in total. The van der Waals surface area contributed by atoms with Crippen molar-refractivity contribution in [2.24, 2.45) is 0 Å². The fraction of sp³-hybridized carbons (Fsp3) is 0.333. The van der Waals surface area contributed by atoms with Gasteiger partial charge < -0.3 is 14.4 Å². The van der Waals surface area contributed by atoms with Crippen LogP contribution in [0.4, 0.5) is 5.82 Å². The van der Waals surface area contributed by atoms with E-state index in [1.165, 1.54) is 0 Å². The maximum atomic E-state index is 8.79. The van der Waals surface area contributed by atoms with Crippen molar-refractivity contribution in [2.45, 2.75) is 12.5 Å². The highest BCUT2D eigenvalue weighted by Crippen LogP contribution is 2.21. The molecule has 2 aromatic rings. The number of hydrogen-bond donors (Lipinski definition) is 0. The second-order valence-corrected chi connectivity index (χ2v) is 4.90. The van der Waals surface area contributed by atoms with Crippen molar-refractivity contribution in [3.05, 3.63) is 36.3 Å². The molecule has 22 heavy (non-hydrogen) atoms. The Hall–Kier alpha value is -2.88. The number of rotatable bonds is 4. The Bertz CT molecular complexity index is 666. The lowest BCUT2D eigenvalue weighted by Gasteiger charge is -2.17. The van der Waals surface area contributed by atoms with Crippen molar-refractivity contribution in [1.29, 1.82) is 5.26 Å². The van der Waals surface area contributed by atoms with Crippen molar-refractivity contribution in [1.82, 2.24) is 15.0 Å². The number of nitrogens with zero attached hydrogens (tertiary/aromatic N) is 5. The largest absolute Gasteiger partial charge is 0.494 e. The second-order valence-electron chi connectivity index (χ2n) is 4.90. The predicted molar refractivity (Wildman–Crippen MR) is 78.8 cm³/mol. The topological polar surface area (TPSA) is 84.2 Å². The summed E-state index contributed by atoms with van der Waals surface area (Å²) in [5.41, 5.74) is 0.558. The van der Waals surface area contributed by atoms with Gasteiger partial charge in [-0.05, 0) is 12.1 Å². The molecule has 0 spiro atoms. The molecular formula is C15H15N5O2. The van der Waals surface area contributed by atoms with E-state index in [-0.39, 0.29) is 6.10 Å². The number of aromatic nitrogens is 3. The number of pyridine rings is 1. The van der Waals surface area contributed by atoms with Crippen molar-refractivity contribution >= 4 is 5.82 Å². The lowest BCUT2D eigenvalue weighted by atomic mass is 10.3. The zero-order valence-electron chi connectivity index (χ0n) is 12.1. The van der Waals surface area contributed by atoms with E-state index in [1.54, 1.807) is 31.8 Å². The molecule has 0 aliphatic carbocycles. The third-order valence-corrected chi connectivity index (χ3v) is 3.46. The Morgan fingerprint density at radius 1 is 1.23 bits per heavy atom. The van der Waals surface area contributed by atoms with Gasteiger partial charge in [0.05, 0.1) is 31.6 Å².